The minimum atomic E-state index is -0.844. The number of nitrogens with two attached hydrogens (primary N) is 1. The smallest absolute Gasteiger partial charge is 0.306 e. The van der Waals surface area contributed by atoms with Crippen LogP contribution in [0.3, 0.4) is 0 Å². The number of rotatable bonds is 7. The Bertz CT molecular complexity index is 412. The zero-order valence-electron chi connectivity index (χ0n) is 10.0. The second-order valence-electron chi connectivity index (χ2n) is 4.24. The number of halogens is 2. The Morgan fingerprint density at radius 1 is 1.44 bits per heavy atom. The molecule has 0 aliphatic carbocycles. The zero-order chi connectivity index (χ0) is 13.5. The number of benzene rings is 1. The van der Waals surface area contributed by atoms with Crippen molar-refractivity contribution in [1.82, 2.24) is 0 Å². The lowest BCUT2D eigenvalue weighted by Gasteiger charge is -2.13. The Balaban J connectivity index is 2.71. The van der Waals surface area contributed by atoms with E-state index in [1.807, 2.05) is 0 Å². The summed E-state index contributed by atoms with van der Waals surface area (Å²) in [6.07, 6.45) is 2.49. The molecule has 0 aromatic heterocycles. The summed E-state index contributed by atoms with van der Waals surface area (Å²) in [6, 6.07) is 4.68. The van der Waals surface area contributed by atoms with E-state index < -0.39 is 11.9 Å². The fourth-order valence-corrected chi connectivity index (χ4v) is 2.25. The van der Waals surface area contributed by atoms with E-state index in [4.69, 9.17) is 10.8 Å². The molecule has 1 aromatic carbocycles. The summed E-state index contributed by atoms with van der Waals surface area (Å²) in [6.45, 7) is 0.565. The third kappa shape index (κ3) is 4.38. The van der Waals surface area contributed by atoms with Crippen LogP contribution in [0.15, 0.2) is 22.7 Å². The van der Waals surface area contributed by atoms with Crippen molar-refractivity contribution >= 4 is 21.9 Å². The molecule has 0 aliphatic heterocycles. The molecule has 1 rings (SSSR count). The first kappa shape index (κ1) is 15.1. The molecule has 100 valence electrons. The third-order valence-electron chi connectivity index (χ3n) is 2.85. The van der Waals surface area contributed by atoms with Crippen LogP contribution < -0.4 is 5.73 Å². The predicted molar refractivity (Wildman–Crippen MR) is 71.8 cm³/mol. The van der Waals surface area contributed by atoms with Gasteiger partial charge in [0.2, 0.25) is 0 Å². The maximum atomic E-state index is 13.3. The molecular weight excluding hydrogens is 301 g/mol. The van der Waals surface area contributed by atoms with Gasteiger partial charge in [-0.1, -0.05) is 18.6 Å². The fraction of sp³-hybridized carbons (Fsp3) is 0.462. The van der Waals surface area contributed by atoms with Crippen LogP contribution in [0.5, 0.6) is 0 Å². The van der Waals surface area contributed by atoms with Crippen LogP contribution in [0.25, 0.3) is 0 Å². The molecule has 5 heteroatoms. The summed E-state index contributed by atoms with van der Waals surface area (Å²) < 4.78 is 13.7. The highest BCUT2D eigenvalue weighted by atomic mass is 79.9. The van der Waals surface area contributed by atoms with E-state index in [1.165, 1.54) is 6.07 Å². The van der Waals surface area contributed by atoms with E-state index in [1.54, 1.807) is 12.1 Å². The summed E-state index contributed by atoms with van der Waals surface area (Å²) in [4.78, 5) is 11.2. The first-order valence-corrected chi connectivity index (χ1v) is 6.71. The molecule has 1 atom stereocenters. The van der Waals surface area contributed by atoms with Gasteiger partial charge >= 0.3 is 5.97 Å². The number of hydrogen-bond donors (Lipinski definition) is 2. The number of hydrogen-bond acceptors (Lipinski definition) is 2. The Morgan fingerprint density at radius 2 is 2.17 bits per heavy atom. The van der Waals surface area contributed by atoms with E-state index in [0.29, 0.717) is 29.4 Å². The van der Waals surface area contributed by atoms with Crippen molar-refractivity contribution in [2.45, 2.75) is 25.7 Å². The van der Waals surface area contributed by atoms with Crippen LogP contribution in [-0.2, 0) is 11.2 Å². The fourth-order valence-electron chi connectivity index (χ4n) is 1.82. The molecule has 0 aliphatic rings. The van der Waals surface area contributed by atoms with E-state index in [9.17, 15) is 9.18 Å². The minimum absolute atomic E-state index is 0.332. The van der Waals surface area contributed by atoms with Crippen molar-refractivity contribution in [3.05, 3.63) is 34.1 Å². The quantitative estimate of drug-likeness (QED) is 0.760. The van der Waals surface area contributed by atoms with Crippen molar-refractivity contribution in [3.63, 3.8) is 0 Å². The maximum Gasteiger partial charge on any atom is 0.306 e. The first-order chi connectivity index (χ1) is 8.56. The van der Waals surface area contributed by atoms with Gasteiger partial charge in [-0.25, -0.2) is 4.39 Å². The maximum absolute atomic E-state index is 13.3. The molecule has 0 radical (unpaired) electrons. The highest BCUT2D eigenvalue weighted by Crippen LogP contribution is 2.25. The monoisotopic (exact) mass is 317 g/mol. The lowest BCUT2D eigenvalue weighted by atomic mass is 9.94. The predicted octanol–water partition coefficient (Wildman–Crippen LogP) is 2.96. The molecule has 1 unspecified atom stereocenters. The summed E-state index contributed by atoms with van der Waals surface area (Å²) in [7, 11) is 0. The molecule has 0 heterocycles. The molecule has 0 saturated heterocycles. The van der Waals surface area contributed by atoms with Crippen LogP contribution in [-0.4, -0.2) is 17.6 Å². The number of carboxylic acids is 1. The second-order valence-corrected chi connectivity index (χ2v) is 5.03. The first-order valence-electron chi connectivity index (χ1n) is 5.92. The molecule has 0 fully saturated rings. The number of carbonyl (C=O) groups is 1. The van der Waals surface area contributed by atoms with Gasteiger partial charge in [-0.15, -0.1) is 0 Å². The zero-order valence-corrected chi connectivity index (χ0v) is 11.6. The van der Waals surface area contributed by atoms with Crippen LogP contribution >= 0.6 is 15.9 Å². The Morgan fingerprint density at radius 3 is 2.78 bits per heavy atom. The van der Waals surface area contributed by atoms with Crippen molar-refractivity contribution < 1.29 is 14.3 Å². The topological polar surface area (TPSA) is 63.3 Å². The summed E-state index contributed by atoms with van der Waals surface area (Å²) in [5, 5.41) is 9.15. The standard InChI is InChI=1S/C13H17BrFNO2/c14-12-9(5-3-6-11(12)15)8-10(13(17)18)4-1-2-7-16/h3,5-6,10H,1-2,4,7-8,16H2,(H,17,18). The molecular formula is C13H17BrFNO2. The van der Waals surface area contributed by atoms with Gasteiger partial charge in [0.25, 0.3) is 0 Å². The summed E-state index contributed by atoms with van der Waals surface area (Å²) in [5.74, 6) is -1.70. The van der Waals surface area contributed by atoms with E-state index >= 15 is 0 Å². The van der Waals surface area contributed by atoms with Crippen molar-refractivity contribution in [2.24, 2.45) is 11.7 Å². The molecule has 18 heavy (non-hydrogen) atoms. The summed E-state index contributed by atoms with van der Waals surface area (Å²) >= 11 is 3.15. The third-order valence-corrected chi connectivity index (χ3v) is 3.74. The van der Waals surface area contributed by atoms with Crippen LogP contribution in [0.1, 0.15) is 24.8 Å². The van der Waals surface area contributed by atoms with Gasteiger partial charge in [0, 0.05) is 0 Å². The Kier molecular flexibility index (Phi) is 6.29. The Hall–Kier alpha value is -0.940. The van der Waals surface area contributed by atoms with Crippen LogP contribution in [0.4, 0.5) is 4.39 Å². The van der Waals surface area contributed by atoms with Gasteiger partial charge < -0.3 is 10.8 Å². The molecule has 0 bridgehead atoms. The van der Waals surface area contributed by atoms with Gasteiger partial charge in [0.05, 0.1) is 10.4 Å². The molecule has 0 saturated carbocycles. The van der Waals surface area contributed by atoms with Crippen molar-refractivity contribution in [3.8, 4) is 0 Å². The van der Waals surface area contributed by atoms with Gasteiger partial charge in [0.1, 0.15) is 5.82 Å². The lowest BCUT2D eigenvalue weighted by molar-refractivity contribution is -0.142. The molecule has 3 nitrogen and oxygen atoms in total. The average Bonchev–Trinajstić information content (AvgIpc) is 2.33. The Labute approximate surface area is 114 Å². The van der Waals surface area contributed by atoms with Gasteiger partial charge in [-0.05, 0) is 53.4 Å². The van der Waals surface area contributed by atoms with Crippen LogP contribution in [0.2, 0.25) is 0 Å². The largest absolute Gasteiger partial charge is 0.481 e. The van der Waals surface area contributed by atoms with Gasteiger partial charge in [-0.3, -0.25) is 4.79 Å². The van der Waals surface area contributed by atoms with Crippen molar-refractivity contribution in [1.29, 1.82) is 0 Å². The number of carboxylic acid groups (broad SMARTS) is 1. The molecule has 3 N–H and O–H groups in total. The summed E-state index contributed by atoms with van der Waals surface area (Å²) in [5.41, 5.74) is 6.07. The van der Waals surface area contributed by atoms with Gasteiger partial charge in [0.15, 0.2) is 0 Å². The van der Waals surface area contributed by atoms with E-state index in [-0.39, 0.29) is 5.82 Å². The highest BCUT2D eigenvalue weighted by Gasteiger charge is 2.19. The second kappa shape index (κ2) is 7.48. The van der Waals surface area contributed by atoms with E-state index in [0.717, 1.165) is 12.8 Å². The number of aliphatic carboxylic acids is 1. The lowest BCUT2D eigenvalue weighted by Crippen LogP contribution is -2.17. The molecule has 0 amide bonds. The minimum Gasteiger partial charge on any atom is -0.481 e. The normalized spacial score (nSPS) is 12.4. The van der Waals surface area contributed by atoms with E-state index in [2.05, 4.69) is 15.9 Å². The van der Waals surface area contributed by atoms with Crippen LogP contribution in [0, 0.1) is 11.7 Å². The highest BCUT2D eigenvalue weighted by molar-refractivity contribution is 9.10. The average molecular weight is 318 g/mol. The SMILES string of the molecule is NCCCCC(Cc1cccc(F)c1Br)C(=O)O. The van der Waals surface area contributed by atoms with Crippen molar-refractivity contribution in [2.75, 3.05) is 6.54 Å². The molecule has 1 aromatic rings. The van der Waals surface area contributed by atoms with Gasteiger partial charge in [-0.2, -0.15) is 0 Å². The number of unbranched alkanes of at least 4 members (excludes halogenated alkanes) is 1. The molecule has 0 spiro atoms.